The highest BCUT2D eigenvalue weighted by molar-refractivity contribution is 5.29. The van der Waals surface area contributed by atoms with Crippen molar-refractivity contribution in [2.75, 3.05) is 46.8 Å². The summed E-state index contributed by atoms with van der Waals surface area (Å²) >= 11 is 0. The number of hydrogen-bond donors (Lipinski definition) is 2. The molecule has 2 rings (SSSR count). The summed E-state index contributed by atoms with van der Waals surface area (Å²) < 4.78 is 0. The molecule has 1 aliphatic heterocycles. The second kappa shape index (κ2) is 6.18. The second-order valence-corrected chi connectivity index (χ2v) is 5.16. The predicted molar refractivity (Wildman–Crippen MR) is 73.8 cm³/mol. The van der Waals surface area contributed by atoms with E-state index < -0.39 is 0 Å². The van der Waals surface area contributed by atoms with Gasteiger partial charge in [-0.05, 0) is 31.8 Å². The molecule has 1 atom stereocenters. The number of nitrogens with zero attached hydrogens (tertiary/aromatic N) is 2. The first-order chi connectivity index (χ1) is 8.66. The Morgan fingerprint density at radius 3 is 2.67 bits per heavy atom. The molecule has 100 valence electrons. The molecule has 2 N–H and O–H groups in total. The highest BCUT2D eigenvalue weighted by Gasteiger charge is 2.22. The Balaban J connectivity index is 2.18. The van der Waals surface area contributed by atoms with Gasteiger partial charge < -0.3 is 15.3 Å². The number of likely N-dealkylation sites (N-methyl/N-ethyl adjacent to an activating group) is 1. The van der Waals surface area contributed by atoms with Crippen LogP contribution in [0, 0.1) is 0 Å². The lowest BCUT2D eigenvalue weighted by Gasteiger charge is -2.36. The highest BCUT2D eigenvalue weighted by atomic mass is 16.3. The lowest BCUT2D eigenvalue weighted by atomic mass is 10.0. The van der Waals surface area contributed by atoms with Crippen LogP contribution in [0.1, 0.15) is 11.6 Å². The number of nitrogens with one attached hydrogen (secondary N) is 1. The number of rotatable bonds is 4. The van der Waals surface area contributed by atoms with E-state index in [1.165, 1.54) is 5.56 Å². The standard InChI is InChI=1S/C14H23N3O/c1-16(2)11-14(17-8-6-15-7-9-17)12-4-3-5-13(18)10-12/h3-5,10,14-15,18H,6-9,11H2,1-2H3. The minimum absolute atomic E-state index is 0.353. The third kappa shape index (κ3) is 3.45. The first kappa shape index (κ1) is 13.3. The van der Waals surface area contributed by atoms with Crippen LogP contribution in [-0.4, -0.2) is 61.7 Å². The smallest absolute Gasteiger partial charge is 0.115 e. The zero-order valence-corrected chi connectivity index (χ0v) is 11.3. The molecule has 18 heavy (non-hydrogen) atoms. The maximum absolute atomic E-state index is 9.65. The maximum Gasteiger partial charge on any atom is 0.115 e. The number of hydrogen-bond acceptors (Lipinski definition) is 4. The van der Waals surface area contributed by atoms with Crippen LogP contribution in [0.3, 0.4) is 0 Å². The van der Waals surface area contributed by atoms with Gasteiger partial charge in [0.25, 0.3) is 0 Å². The summed E-state index contributed by atoms with van der Waals surface area (Å²) in [6, 6.07) is 8.00. The predicted octanol–water partition coefficient (Wildman–Crippen LogP) is 0.900. The Bertz CT molecular complexity index is 375. The minimum atomic E-state index is 0.353. The lowest BCUT2D eigenvalue weighted by molar-refractivity contribution is 0.144. The van der Waals surface area contributed by atoms with Gasteiger partial charge in [-0.1, -0.05) is 12.1 Å². The fourth-order valence-corrected chi connectivity index (χ4v) is 2.50. The van der Waals surface area contributed by atoms with Gasteiger partial charge in [0.15, 0.2) is 0 Å². The van der Waals surface area contributed by atoms with Gasteiger partial charge in [-0.25, -0.2) is 0 Å². The molecule has 0 saturated carbocycles. The van der Waals surface area contributed by atoms with Crippen LogP contribution >= 0.6 is 0 Å². The number of piperazine rings is 1. The quantitative estimate of drug-likeness (QED) is 0.831. The fourth-order valence-electron chi connectivity index (χ4n) is 2.50. The summed E-state index contributed by atoms with van der Waals surface area (Å²) in [7, 11) is 4.19. The van der Waals surface area contributed by atoms with Gasteiger partial charge >= 0.3 is 0 Å². The highest BCUT2D eigenvalue weighted by Crippen LogP contribution is 2.24. The summed E-state index contributed by atoms with van der Waals surface area (Å²) in [5, 5.41) is 13.0. The lowest BCUT2D eigenvalue weighted by Crippen LogP contribution is -2.47. The van der Waals surface area contributed by atoms with Crippen LogP contribution in [0.2, 0.25) is 0 Å². The third-order valence-electron chi connectivity index (χ3n) is 3.39. The van der Waals surface area contributed by atoms with E-state index in [1.54, 1.807) is 6.07 Å². The summed E-state index contributed by atoms with van der Waals surface area (Å²) in [4.78, 5) is 4.70. The molecular formula is C14H23N3O. The van der Waals surface area contributed by atoms with Gasteiger partial charge in [0.2, 0.25) is 0 Å². The van der Waals surface area contributed by atoms with E-state index in [1.807, 2.05) is 12.1 Å². The number of benzene rings is 1. The van der Waals surface area contributed by atoms with Crippen LogP contribution < -0.4 is 5.32 Å². The molecule has 0 aromatic heterocycles. The third-order valence-corrected chi connectivity index (χ3v) is 3.39. The summed E-state index contributed by atoms with van der Waals surface area (Å²) in [5.41, 5.74) is 1.20. The van der Waals surface area contributed by atoms with Crippen molar-refractivity contribution in [3.63, 3.8) is 0 Å². The van der Waals surface area contributed by atoms with Crippen molar-refractivity contribution >= 4 is 0 Å². The molecular weight excluding hydrogens is 226 g/mol. The largest absolute Gasteiger partial charge is 0.508 e. The molecule has 1 aromatic carbocycles. The molecule has 1 aromatic rings. The van der Waals surface area contributed by atoms with E-state index >= 15 is 0 Å². The molecule has 4 heteroatoms. The number of aromatic hydroxyl groups is 1. The van der Waals surface area contributed by atoms with Gasteiger partial charge in [0.1, 0.15) is 5.75 Å². The van der Waals surface area contributed by atoms with Crippen molar-refractivity contribution in [2.24, 2.45) is 0 Å². The Hall–Kier alpha value is -1.10. The van der Waals surface area contributed by atoms with E-state index in [9.17, 15) is 5.11 Å². The normalized spacial score (nSPS) is 19.1. The van der Waals surface area contributed by atoms with E-state index in [-0.39, 0.29) is 0 Å². The first-order valence-corrected chi connectivity index (χ1v) is 6.55. The average molecular weight is 249 g/mol. The molecule has 0 spiro atoms. The summed E-state index contributed by atoms with van der Waals surface area (Å²) in [6.45, 7) is 5.19. The monoisotopic (exact) mass is 249 g/mol. The van der Waals surface area contributed by atoms with Crippen LogP contribution in [-0.2, 0) is 0 Å². The van der Waals surface area contributed by atoms with Crippen LogP contribution in [0.25, 0.3) is 0 Å². The van der Waals surface area contributed by atoms with Crippen molar-refractivity contribution in [3.05, 3.63) is 29.8 Å². The van der Waals surface area contributed by atoms with Gasteiger partial charge in [-0.2, -0.15) is 0 Å². The number of phenolic OH excluding ortho intramolecular Hbond substituents is 1. The zero-order valence-electron chi connectivity index (χ0n) is 11.3. The molecule has 1 unspecified atom stereocenters. The van der Waals surface area contributed by atoms with Crippen LogP contribution in [0.15, 0.2) is 24.3 Å². The van der Waals surface area contributed by atoms with Gasteiger partial charge in [0.05, 0.1) is 0 Å². The molecule has 1 saturated heterocycles. The molecule has 4 nitrogen and oxygen atoms in total. The van der Waals surface area contributed by atoms with Crippen molar-refractivity contribution in [3.8, 4) is 5.75 Å². The van der Waals surface area contributed by atoms with Gasteiger partial charge in [0, 0.05) is 38.8 Å². The molecule has 0 bridgehead atoms. The van der Waals surface area contributed by atoms with Gasteiger partial charge in [-0.3, -0.25) is 4.90 Å². The first-order valence-electron chi connectivity index (χ1n) is 6.55. The SMILES string of the molecule is CN(C)CC(c1cccc(O)c1)N1CCNCC1. The number of phenols is 1. The van der Waals surface area contributed by atoms with E-state index in [0.717, 1.165) is 32.7 Å². The Labute approximate surface area is 109 Å². The minimum Gasteiger partial charge on any atom is -0.508 e. The Kier molecular flexibility index (Phi) is 4.58. The van der Waals surface area contributed by atoms with E-state index in [4.69, 9.17) is 0 Å². The zero-order chi connectivity index (χ0) is 13.0. The van der Waals surface area contributed by atoms with Gasteiger partial charge in [-0.15, -0.1) is 0 Å². The molecule has 1 fully saturated rings. The van der Waals surface area contributed by atoms with Crippen molar-refractivity contribution in [1.29, 1.82) is 0 Å². The van der Waals surface area contributed by atoms with Crippen LogP contribution in [0.5, 0.6) is 5.75 Å². The van der Waals surface area contributed by atoms with Crippen molar-refractivity contribution in [2.45, 2.75) is 6.04 Å². The van der Waals surface area contributed by atoms with Crippen molar-refractivity contribution in [1.82, 2.24) is 15.1 Å². The van der Waals surface area contributed by atoms with Crippen LogP contribution in [0.4, 0.5) is 0 Å². The van der Waals surface area contributed by atoms with Crippen molar-refractivity contribution < 1.29 is 5.11 Å². The molecule has 1 aliphatic rings. The molecule has 0 radical (unpaired) electrons. The topological polar surface area (TPSA) is 38.7 Å². The van der Waals surface area contributed by atoms with E-state index in [2.05, 4.69) is 35.3 Å². The average Bonchev–Trinajstić information content (AvgIpc) is 2.37. The maximum atomic E-state index is 9.65. The molecule has 0 amide bonds. The molecule has 1 heterocycles. The summed E-state index contributed by atoms with van der Waals surface area (Å²) in [5.74, 6) is 0.353. The van der Waals surface area contributed by atoms with E-state index in [0.29, 0.717) is 11.8 Å². The molecule has 0 aliphatic carbocycles. The fraction of sp³-hybridized carbons (Fsp3) is 0.571. The Morgan fingerprint density at radius 2 is 2.06 bits per heavy atom. The summed E-state index contributed by atoms with van der Waals surface area (Å²) in [6.07, 6.45) is 0. The second-order valence-electron chi connectivity index (χ2n) is 5.16. The Morgan fingerprint density at radius 1 is 1.33 bits per heavy atom.